The SMILES string of the molecule is COc1ccccc1NC(=O)Cc1noc(CSc2nnc(C)n2-c2ccccc2)n1. The fourth-order valence-corrected chi connectivity index (χ4v) is 3.78. The number of carbonyl (C=O) groups excluding carboxylic acids is 1. The van der Waals surface area contributed by atoms with Gasteiger partial charge in [-0.3, -0.25) is 9.36 Å². The van der Waals surface area contributed by atoms with Gasteiger partial charge in [0.2, 0.25) is 11.8 Å². The predicted octanol–water partition coefficient (Wildman–Crippen LogP) is 3.44. The molecule has 9 nitrogen and oxygen atoms in total. The van der Waals surface area contributed by atoms with Gasteiger partial charge in [0.05, 0.1) is 25.0 Å². The Balaban J connectivity index is 1.38. The molecule has 0 saturated carbocycles. The number of aryl methyl sites for hydroxylation is 1. The third-order valence-corrected chi connectivity index (χ3v) is 5.26. The molecule has 0 aliphatic rings. The molecular formula is C21H20N6O3S. The molecule has 0 aliphatic heterocycles. The number of ether oxygens (including phenoxy) is 1. The Morgan fingerprint density at radius 3 is 2.71 bits per heavy atom. The lowest BCUT2D eigenvalue weighted by Crippen LogP contribution is -2.15. The molecule has 0 spiro atoms. The van der Waals surface area contributed by atoms with Gasteiger partial charge in [-0.05, 0) is 31.2 Å². The number of nitrogens with one attached hydrogen (secondary N) is 1. The van der Waals surface area contributed by atoms with Crippen molar-refractivity contribution < 1.29 is 14.1 Å². The van der Waals surface area contributed by atoms with Crippen LogP contribution in [-0.4, -0.2) is 37.9 Å². The van der Waals surface area contributed by atoms with Crippen LogP contribution >= 0.6 is 11.8 Å². The van der Waals surface area contributed by atoms with E-state index in [1.54, 1.807) is 19.2 Å². The minimum Gasteiger partial charge on any atom is -0.495 e. The van der Waals surface area contributed by atoms with Crippen molar-refractivity contribution in [2.24, 2.45) is 0 Å². The van der Waals surface area contributed by atoms with Crippen LogP contribution in [0.4, 0.5) is 5.69 Å². The van der Waals surface area contributed by atoms with Gasteiger partial charge in [0, 0.05) is 5.69 Å². The zero-order valence-electron chi connectivity index (χ0n) is 17.0. The van der Waals surface area contributed by atoms with Crippen LogP contribution < -0.4 is 10.1 Å². The minimum absolute atomic E-state index is 0.00841. The first-order valence-corrected chi connectivity index (χ1v) is 10.5. The van der Waals surface area contributed by atoms with E-state index >= 15 is 0 Å². The average molecular weight is 436 g/mol. The van der Waals surface area contributed by atoms with Crippen molar-refractivity contribution in [1.29, 1.82) is 0 Å². The standard InChI is InChI=1S/C21H20N6O3S/c1-14-24-25-21(27(14)15-8-4-3-5-9-15)31-13-20-23-18(26-30-20)12-19(28)22-16-10-6-7-11-17(16)29-2/h3-11H,12-13H2,1-2H3,(H,22,28). The molecule has 4 rings (SSSR count). The van der Waals surface area contributed by atoms with Crippen molar-refractivity contribution >= 4 is 23.4 Å². The molecule has 31 heavy (non-hydrogen) atoms. The number of benzene rings is 2. The molecule has 1 amide bonds. The predicted molar refractivity (Wildman–Crippen MR) is 115 cm³/mol. The largest absolute Gasteiger partial charge is 0.495 e. The van der Waals surface area contributed by atoms with Crippen LogP contribution in [0.3, 0.4) is 0 Å². The molecule has 1 N–H and O–H groups in total. The molecule has 2 aromatic heterocycles. The fraction of sp³-hybridized carbons (Fsp3) is 0.190. The van der Waals surface area contributed by atoms with Crippen molar-refractivity contribution in [2.75, 3.05) is 12.4 Å². The average Bonchev–Trinajstić information content (AvgIpc) is 3.39. The number of hydrogen-bond acceptors (Lipinski definition) is 8. The first kappa shape index (κ1) is 20.6. The summed E-state index contributed by atoms with van der Waals surface area (Å²) in [6.07, 6.45) is -0.00841. The van der Waals surface area contributed by atoms with Gasteiger partial charge in [-0.15, -0.1) is 10.2 Å². The van der Waals surface area contributed by atoms with Crippen LogP contribution in [0.2, 0.25) is 0 Å². The van der Waals surface area contributed by atoms with Crippen LogP contribution in [0.1, 0.15) is 17.5 Å². The van der Waals surface area contributed by atoms with Crippen LogP contribution in [0.25, 0.3) is 5.69 Å². The normalized spacial score (nSPS) is 10.8. The topological polar surface area (TPSA) is 108 Å². The van der Waals surface area contributed by atoms with Gasteiger partial charge in [0.25, 0.3) is 0 Å². The van der Waals surface area contributed by atoms with Crippen molar-refractivity contribution in [1.82, 2.24) is 24.9 Å². The Bertz CT molecular complexity index is 1170. The summed E-state index contributed by atoms with van der Waals surface area (Å²) in [6.45, 7) is 1.90. The zero-order valence-corrected chi connectivity index (χ0v) is 17.8. The molecule has 0 saturated heterocycles. The maximum atomic E-state index is 12.3. The summed E-state index contributed by atoms with van der Waals surface area (Å²) < 4.78 is 12.5. The molecular weight excluding hydrogens is 416 g/mol. The minimum atomic E-state index is -0.260. The van der Waals surface area contributed by atoms with E-state index in [9.17, 15) is 4.79 Å². The van der Waals surface area contributed by atoms with Gasteiger partial charge in [0.1, 0.15) is 11.6 Å². The fourth-order valence-electron chi connectivity index (χ4n) is 2.94. The van der Waals surface area contributed by atoms with Crippen LogP contribution in [0.5, 0.6) is 5.75 Å². The second-order valence-corrected chi connectivity index (χ2v) is 7.46. The summed E-state index contributed by atoms with van der Waals surface area (Å²) in [5.74, 6) is 2.23. The van der Waals surface area contributed by atoms with Crippen LogP contribution in [-0.2, 0) is 17.0 Å². The summed E-state index contributed by atoms with van der Waals surface area (Å²) in [5, 5.41) is 15.8. The van der Waals surface area contributed by atoms with E-state index in [1.165, 1.54) is 11.8 Å². The third kappa shape index (κ3) is 4.92. The number of aromatic nitrogens is 5. The van der Waals surface area contributed by atoms with E-state index < -0.39 is 0 Å². The maximum absolute atomic E-state index is 12.3. The van der Waals surface area contributed by atoms with Gasteiger partial charge >= 0.3 is 0 Å². The maximum Gasteiger partial charge on any atom is 0.237 e. The van der Waals surface area contributed by atoms with Gasteiger partial charge in [-0.1, -0.05) is 47.3 Å². The van der Waals surface area contributed by atoms with E-state index in [0.29, 0.717) is 28.9 Å². The Labute approximate surface area is 182 Å². The lowest BCUT2D eigenvalue weighted by Gasteiger charge is -2.08. The van der Waals surface area contributed by atoms with Crippen LogP contribution in [0.15, 0.2) is 64.3 Å². The lowest BCUT2D eigenvalue weighted by molar-refractivity contribution is -0.115. The summed E-state index contributed by atoms with van der Waals surface area (Å²) >= 11 is 1.43. The molecule has 2 aromatic carbocycles. The Morgan fingerprint density at radius 2 is 1.90 bits per heavy atom. The number of thioether (sulfide) groups is 1. The van der Waals surface area contributed by atoms with E-state index in [1.807, 2.05) is 54.0 Å². The molecule has 0 atom stereocenters. The number of hydrogen-bond donors (Lipinski definition) is 1. The molecule has 0 aliphatic carbocycles. The zero-order chi connectivity index (χ0) is 21.6. The van der Waals surface area contributed by atoms with Gasteiger partial charge < -0.3 is 14.6 Å². The number of nitrogens with zero attached hydrogens (tertiary/aromatic N) is 5. The van der Waals surface area contributed by atoms with Gasteiger partial charge in [0.15, 0.2) is 11.0 Å². The summed E-state index contributed by atoms with van der Waals surface area (Å²) in [4.78, 5) is 16.6. The molecule has 4 aromatic rings. The van der Waals surface area contributed by atoms with E-state index in [2.05, 4.69) is 25.7 Å². The first-order chi connectivity index (χ1) is 15.1. The molecule has 0 fully saturated rings. The monoisotopic (exact) mass is 436 g/mol. The van der Waals surface area contributed by atoms with E-state index in [-0.39, 0.29) is 12.3 Å². The van der Waals surface area contributed by atoms with E-state index in [0.717, 1.165) is 16.7 Å². The molecule has 0 radical (unpaired) electrons. The number of para-hydroxylation sites is 3. The highest BCUT2D eigenvalue weighted by atomic mass is 32.2. The summed E-state index contributed by atoms with van der Waals surface area (Å²) in [7, 11) is 1.55. The first-order valence-electron chi connectivity index (χ1n) is 9.48. The number of amides is 1. The second kappa shape index (κ2) is 9.43. The highest BCUT2D eigenvalue weighted by Gasteiger charge is 2.16. The molecule has 2 heterocycles. The number of methoxy groups -OCH3 is 1. The molecule has 0 bridgehead atoms. The highest BCUT2D eigenvalue weighted by molar-refractivity contribution is 7.98. The molecule has 158 valence electrons. The van der Waals surface area contributed by atoms with Gasteiger partial charge in [-0.25, -0.2) is 0 Å². The Kier molecular flexibility index (Phi) is 6.27. The van der Waals surface area contributed by atoms with Gasteiger partial charge in [-0.2, -0.15) is 4.98 Å². The number of anilines is 1. The van der Waals surface area contributed by atoms with Crippen LogP contribution in [0, 0.1) is 6.92 Å². The van der Waals surface area contributed by atoms with Crippen molar-refractivity contribution in [3.05, 3.63) is 72.1 Å². The highest BCUT2D eigenvalue weighted by Crippen LogP contribution is 2.25. The van der Waals surface area contributed by atoms with Crippen molar-refractivity contribution in [2.45, 2.75) is 24.3 Å². The quantitative estimate of drug-likeness (QED) is 0.419. The van der Waals surface area contributed by atoms with E-state index in [4.69, 9.17) is 9.26 Å². The lowest BCUT2D eigenvalue weighted by atomic mass is 10.2. The number of rotatable bonds is 8. The molecule has 10 heteroatoms. The summed E-state index contributed by atoms with van der Waals surface area (Å²) in [6, 6.07) is 17.1. The number of carbonyl (C=O) groups is 1. The summed E-state index contributed by atoms with van der Waals surface area (Å²) in [5.41, 5.74) is 1.57. The van der Waals surface area contributed by atoms with Crippen molar-refractivity contribution in [3.8, 4) is 11.4 Å². The van der Waals surface area contributed by atoms with Crippen molar-refractivity contribution in [3.63, 3.8) is 0 Å². The third-order valence-electron chi connectivity index (χ3n) is 4.34. The second-order valence-electron chi connectivity index (χ2n) is 6.52. The Morgan fingerprint density at radius 1 is 1.13 bits per heavy atom. The Hall–Kier alpha value is -3.66. The molecule has 0 unspecified atom stereocenters. The smallest absolute Gasteiger partial charge is 0.237 e.